The Kier molecular flexibility index (Phi) is 2.88. The number of fused-ring (bicyclic) bond motifs is 3. The highest BCUT2D eigenvalue weighted by Crippen LogP contribution is 2.45. The first-order valence-electron chi connectivity index (χ1n) is 7.95. The third kappa shape index (κ3) is 2.18. The molecule has 124 valence electrons. The van der Waals surface area contributed by atoms with Crippen molar-refractivity contribution in [2.45, 2.75) is 12.3 Å². The van der Waals surface area contributed by atoms with Gasteiger partial charge in [-0.05, 0) is 23.6 Å². The van der Waals surface area contributed by atoms with Gasteiger partial charge in [-0.1, -0.05) is 18.2 Å². The number of esters is 1. The summed E-state index contributed by atoms with van der Waals surface area (Å²) in [5, 5.41) is 0.915. The number of nitrogens with one attached hydrogen (secondary N) is 1. The van der Waals surface area contributed by atoms with Gasteiger partial charge in [0.25, 0.3) is 5.56 Å². The largest absolute Gasteiger partial charge is 0.454 e. The second-order valence-corrected chi connectivity index (χ2v) is 6.12. The molecular weight excluding hydrogens is 322 g/mol. The van der Waals surface area contributed by atoms with Crippen molar-refractivity contribution in [2.75, 3.05) is 6.79 Å². The van der Waals surface area contributed by atoms with Gasteiger partial charge in [-0.15, -0.1) is 0 Å². The predicted molar refractivity (Wildman–Crippen MR) is 89.2 cm³/mol. The summed E-state index contributed by atoms with van der Waals surface area (Å²) in [5.74, 6) is 0.791. The summed E-state index contributed by atoms with van der Waals surface area (Å²) in [4.78, 5) is 27.6. The highest BCUT2D eigenvalue weighted by molar-refractivity contribution is 5.81. The van der Waals surface area contributed by atoms with Crippen molar-refractivity contribution in [1.82, 2.24) is 4.98 Å². The summed E-state index contributed by atoms with van der Waals surface area (Å²) in [6.45, 7) is 0.132. The molecule has 6 heteroatoms. The lowest BCUT2D eigenvalue weighted by molar-refractivity contribution is -0.135. The molecule has 1 aromatic heterocycles. The third-order valence-corrected chi connectivity index (χ3v) is 4.63. The average Bonchev–Trinajstić information content (AvgIpc) is 3.06. The molecule has 1 N–H and O–H groups in total. The van der Waals surface area contributed by atoms with Gasteiger partial charge < -0.3 is 19.2 Å². The van der Waals surface area contributed by atoms with Crippen LogP contribution in [-0.4, -0.2) is 17.7 Å². The van der Waals surface area contributed by atoms with Crippen molar-refractivity contribution in [2.24, 2.45) is 0 Å². The number of hydrogen-bond acceptors (Lipinski definition) is 5. The van der Waals surface area contributed by atoms with E-state index in [4.69, 9.17) is 14.2 Å². The van der Waals surface area contributed by atoms with Gasteiger partial charge in [0.15, 0.2) is 11.5 Å². The second-order valence-electron chi connectivity index (χ2n) is 6.12. The first-order valence-corrected chi connectivity index (χ1v) is 7.95. The summed E-state index contributed by atoms with van der Waals surface area (Å²) in [7, 11) is 0. The molecule has 0 saturated carbocycles. The minimum absolute atomic E-state index is 0.105. The molecule has 0 bridgehead atoms. The first kappa shape index (κ1) is 14.1. The number of ether oxygens (including phenoxy) is 3. The molecule has 2 aromatic carbocycles. The van der Waals surface area contributed by atoms with E-state index in [-0.39, 0.29) is 30.7 Å². The maximum absolute atomic E-state index is 12.6. The van der Waals surface area contributed by atoms with E-state index in [1.165, 1.54) is 0 Å². The predicted octanol–water partition coefficient (Wildman–Crippen LogP) is 2.70. The molecule has 6 nitrogen and oxygen atoms in total. The lowest BCUT2D eigenvalue weighted by Gasteiger charge is -2.24. The van der Waals surface area contributed by atoms with Crippen LogP contribution in [0.4, 0.5) is 0 Å². The van der Waals surface area contributed by atoms with Gasteiger partial charge in [0.05, 0.1) is 6.42 Å². The molecule has 0 spiro atoms. The summed E-state index contributed by atoms with van der Waals surface area (Å²) in [6.07, 6.45) is 0.105. The van der Waals surface area contributed by atoms with E-state index < -0.39 is 0 Å². The molecule has 3 heterocycles. The molecule has 0 aliphatic carbocycles. The maximum atomic E-state index is 12.6. The smallest absolute Gasteiger partial charge is 0.312 e. The summed E-state index contributed by atoms with van der Waals surface area (Å²) >= 11 is 0. The number of H-pyrrole nitrogens is 1. The van der Waals surface area contributed by atoms with Gasteiger partial charge in [-0.25, -0.2) is 0 Å². The normalized spacial score (nSPS) is 18.1. The zero-order chi connectivity index (χ0) is 17.0. The number of carbonyl (C=O) groups excluding carboxylic acids is 1. The molecule has 2 aliphatic heterocycles. The van der Waals surface area contributed by atoms with Gasteiger partial charge in [0, 0.05) is 28.6 Å². The van der Waals surface area contributed by atoms with Crippen molar-refractivity contribution in [3.8, 4) is 17.2 Å². The fourth-order valence-electron chi connectivity index (χ4n) is 3.44. The van der Waals surface area contributed by atoms with Crippen molar-refractivity contribution >= 4 is 16.9 Å². The number of aromatic amines is 1. The van der Waals surface area contributed by atoms with E-state index in [0.717, 1.165) is 16.5 Å². The van der Waals surface area contributed by atoms with Gasteiger partial charge >= 0.3 is 5.97 Å². The molecule has 25 heavy (non-hydrogen) atoms. The topological polar surface area (TPSA) is 77.6 Å². The second kappa shape index (κ2) is 5.11. The van der Waals surface area contributed by atoms with Gasteiger partial charge in [-0.2, -0.15) is 0 Å². The molecule has 5 rings (SSSR count). The molecule has 0 radical (unpaired) electrons. The lowest BCUT2D eigenvalue weighted by Crippen LogP contribution is -2.25. The van der Waals surface area contributed by atoms with E-state index in [1.54, 1.807) is 12.1 Å². The number of para-hydroxylation sites is 1. The van der Waals surface area contributed by atoms with Crippen molar-refractivity contribution in [1.29, 1.82) is 0 Å². The Hall–Kier alpha value is -3.28. The molecule has 0 amide bonds. The van der Waals surface area contributed by atoms with E-state index in [2.05, 4.69) is 4.98 Å². The lowest BCUT2D eigenvalue weighted by atomic mass is 9.86. The van der Waals surface area contributed by atoms with Crippen LogP contribution in [0.15, 0.2) is 47.3 Å². The highest BCUT2D eigenvalue weighted by Gasteiger charge is 2.33. The van der Waals surface area contributed by atoms with Crippen LogP contribution in [0.3, 0.4) is 0 Å². The number of carbonyl (C=O) groups is 1. The van der Waals surface area contributed by atoms with Gasteiger partial charge in [0.2, 0.25) is 6.79 Å². The van der Waals surface area contributed by atoms with Crippen LogP contribution in [0.5, 0.6) is 17.2 Å². The number of pyridine rings is 1. The van der Waals surface area contributed by atoms with Crippen LogP contribution in [0.1, 0.15) is 23.5 Å². The fourth-order valence-corrected chi connectivity index (χ4v) is 3.44. The molecule has 2 aliphatic rings. The Morgan fingerprint density at radius 2 is 1.72 bits per heavy atom. The van der Waals surface area contributed by atoms with Crippen LogP contribution in [0.2, 0.25) is 0 Å². The van der Waals surface area contributed by atoms with E-state index in [1.807, 2.05) is 30.3 Å². The van der Waals surface area contributed by atoms with E-state index in [0.29, 0.717) is 22.8 Å². The van der Waals surface area contributed by atoms with Gasteiger partial charge in [0.1, 0.15) is 5.75 Å². The van der Waals surface area contributed by atoms with Crippen LogP contribution in [0, 0.1) is 0 Å². The van der Waals surface area contributed by atoms with Crippen LogP contribution in [0.25, 0.3) is 10.9 Å². The van der Waals surface area contributed by atoms with Crippen LogP contribution in [-0.2, 0) is 4.79 Å². The summed E-state index contributed by atoms with van der Waals surface area (Å²) in [6, 6.07) is 12.8. The van der Waals surface area contributed by atoms with E-state index >= 15 is 0 Å². The first-order chi connectivity index (χ1) is 12.2. The molecule has 1 atom stereocenters. The number of hydrogen-bond donors (Lipinski definition) is 1. The number of rotatable bonds is 1. The Morgan fingerprint density at radius 1 is 0.920 bits per heavy atom. The number of benzene rings is 2. The van der Waals surface area contributed by atoms with Crippen molar-refractivity contribution in [3.05, 3.63) is 63.9 Å². The summed E-state index contributed by atoms with van der Waals surface area (Å²) < 4.78 is 16.1. The zero-order valence-corrected chi connectivity index (χ0v) is 13.1. The van der Waals surface area contributed by atoms with Crippen molar-refractivity contribution in [3.63, 3.8) is 0 Å². The molecule has 0 fully saturated rings. The SMILES string of the molecule is O=C1CC(c2cc3ccccc3[nH]c2=O)c2cc3c(cc2O1)OCO3. The minimum atomic E-state index is -0.390. The Labute approximate surface area is 142 Å². The van der Waals surface area contributed by atoms with Crippen molar-refractivity contribution < 1.29 is 19.0 Å². The Morgan fingerprint density at radius 3 is 2.60 bits per heavy atom. The summed E-state index contributed by atoms with van der Waals surface area (Å²) in [5.41, 5.74) is 1.85. The number of aromatic nitrogens is 1. The average molecular weight is 335 g/mol. The maximum Gasteiger partial charge on any atom is 0.312 e. The standard InChI is InChI=1S/C19H13NO5/c21-18-7-11(12-6-16-17(24-9-23-16)8-15(12)25-18)13-5-10-3-1-2-4-14(10)20-19(13)22/h1-6,8,11H,7,9H2,(H,20,22). The van der Waals surface area contributed by atoms with Crippen LogP contribution >= 0.6 is 0 Å². The van der Waals surface area contributed by atoms with Crippen LogP contribution < -0.4 is 19.8 Å². The molecule has 0 saturated heterocycles. The molecule has 1 unspecified atom stereocenters. The Balaban J connectivity index is 1.72. The zero-order valence-electron chi connectivity index (χ0n) is 13.1. The minimum Gasteiger partial charge on any atom is -0.454 e. The quantitative estimate of drug-likeness (QED) is 0.546. The Bertz CT molecular complexity index is 1080. The monoisotopic (exact) mass is 335 g/mol. The third-order valence-electron chi connectivity index (χ3n) is 4.63. The molecule has 3 aromatic rings. The molecular formula is C19H13NO5. The van der Waals surface area contributed by atoms with Gasteiger partial charge in [-0.3, -0.25) is 9.59 Å². The fraction of sp³-hybridized carbons (Fsp3) is 0.158. The van der Waals surface area contributed by atoms with E-state index in [9.17, 15) is 9.59 Å². The highest BCUT2D eigenvalue weighted by atomic mass is 16.7.